The molecule has 0 amide bonds. The highest BCUT2D eigenvalue weighted by Crippen LogP contribution is 2.32. The molecule has 0 atom stereocenters. The van der Waals surface area contributed by atoms with Gasteiger partial charge in [-0.25, -0.2) is 9.78 Å². The number of esters is 1. The zero-order valence-electron chi connectivity index (χ0n) is 16.8. The van der Waals surface area contributed by atoms with Gasteiger partial charge in [-0.2, -0.15) is 0 Å². The number of carbonyl (C=O) groups is 1. The molecule has 0 spiro atoms. The highest BCUT2D eigenvalue weighted by Gasteiger charge is 2.29. The lowest BCUT2D eigenvalue weighted by molar-refractivity contribution is 0.0593. The lowest BCUT2D eigenvalue weighted by Crippen LogP contribution is -2.16. The number of benzene rings is 2. The molecule has 0 fully saturated rings. The number of methoxy groups -OCH3 is 1. The van der Waals surface area contributed by atoms with Crippen LogP contribution in [0.5, 0.6) is 0 Å². The van der Waals surface area contributed by atoms with Gasteiger partial charge in [0.05, 0.1) is 37.3 Å². The van der Waals surface area contributed by atoms with E-state index < -0.39 is 5.97 Å². The molecule has 0 unspecified atom stereocenters. The highest BCUT2D eigenvalue weighted by molar-refractivity contribution is 6.36. The predicted octanol–water partition coefficient (Wildman–Crippen LogP) is 4.38. The van der Waals surface area contributed by atoms with Crippen molar-refractivity contribution in [1.29, 1.82) is 0 Å². The van der Waals surface area contributed by atoms with Crippen LogP contribution in [-0.2, 0) is 17.8 Å². The average molecular weight is 443 g/mol. The van der Waals surface area contributed by atoms with Crippen LogP contribution in [0.3, 0.4) is 0 Å². The van der Waals surface area contributed by atoms with E-state index in [9.17, 15) is 4.79 Å². The second-order valence-electron chi connectivity index (χ2n) is 7.19. The molecule has 1 aromatic heterocycles. The molecule has 154 valence electrons. The van der Waals surface area contributed by atoms with Crippen molar-refractivity contribution >= 4 is 34.9 Å². The number of ether oxygens (including phenoxy) is 1. The molecular weight excluding hydrogens is 423 g/mol. The molecule has 4 rings (SSSR count). The minimum Gasteiger partial charge on any atom is -0.464 e. The van der Waals surface area contributed by atoms with E-state index in [1.807, 2.05) is 66.0 Å². The maximum Gasteiger partial charge on any atom is 0.358 e. The SMILES string of the molecule is COC(=O)c1nc(CN(C)C)n2c1CN=C(c1ccccc1Cl)c1cc(Cl)ccc1-2. The molecule has 0 aliphatic carbocycles. The molecule has 1 aliphatic heterocycles. The highest BCUT2D eigenvalue weighted by atomic mass is 35.5. The van der Waals surface area contributed by atoms with E-state index in [4.69, 9.17) is 32.9 Å². The van der Waals surface area contributed by atoms with Crippen molar-refractivity contribution in [2.45, 2.75) is 13.1 Å². The van der Waals surface area contributed by atoms with Crippen LogP contribution >= 0.6 is 23.2 Å². The van der Waals surface area contributed by atoms with Gasteiger partial charge in [0.1, 0.15) is 5.82 Å². The first kappa shape index (κ1) is 20.6. The number of imidazole rings is 1. The molecule has 0 saturated heterocycles. The van der Waals surface area contributed by atoms with E-state index in [2.05, 4.69) is 4.98 Å². The van der Waals surface area contributed by atoms with Crippen LogP contribution in [0, 0.1) is 0 Å². The summed E-state index contributed by atoms with van der Waals surface area (Å²) in [6, 6.07) is 13.1. The first-order chi connectivity index (χ1) is 14.4. The third kappa shape index (κ3) is 3.62. The molecule has 2 aromatic carbocycles. The minimum absolute atomic E-state index is 0.248. The maximum absolute atomic E-state index is 12.5. The Hall–Kier alpha value is -2.67. The van der Waals surface area contributed by atoms with Crippen molar-refractivity contribution in [2.24, 2.45) is 4.99 Å². The number of hydrogen-bond acceptors (Lipinski definition) is 5. The van der Waals surface area contributed by atoms with E-state index in [0.29, 0.717) is 28.0 Å². The molecule has 2 heterocycles. The Kier molecular flexibility index (Phi) is 5.64. The lowest BCUT2D eigenvalue weighted by Gasteiger charge is -2.17. The van der Waals surface area contributed by atoms with E-state index in [1.165, 1.54) is 7.11 Å². The standard InChI is InChI=1S/C22H20Cl2N4O2/c1-27(2)12-19-26-21(22(29)30-3)18-11-25-20(14-6-4-5-7-16(14)24)15-10-13(23)8-9-17(15)28(18)19/h4-10H,11-12H2,1-3H3. The largest absolute Gasteiger partial charge is 0.464 e. The summed E-state index contributed by atoms with van der Waals surface area (Å²) in [7, 11) is 5.25. The summed E-state index contributed by atoms with van der Waals surface area (Å²) in [5, 5.41) is 1.17. The Bertz CT molecular complexity index is 1170. The number of fused-ring (bicyclic) bond motifs is 3. The topological polar surface area (TPSA) is 59.7 Å². The zero-order valence-corrected chi connectivity index (χ0v) is 18.3. The number of hydrogen-bond donors (Lipinski definition) is 0. The van der Waals surface area contributed by atoms with Crippen LogP contribution < -0.4 is 0 Å². The molecule has 0 radical (unpaired) electrons. The van der Waals surface area contributed by atoms with Crippen molar-refractivity contribution in [3.8, 4) is 5.69 Å². The van der Waals surface area contributed by atoms with E-state index in [1.54, 1.807) is 0 Å². The van der Waals surface area contributed by atoms with Crippen LogP contribution in [0.15, 0.2) is 47.5 Å². The zero-order chi connectivity index (χ0) is 21.4. The van der Waals surface area contributed by atoms with Crippen molar-refractivity contribution in [3.05, 3.63) is 80.8 Å². The molecule has 0 bridgehead atoms. The number of carbonyl (C=O) groups excluding carboxylic acids is 1. The number of aliphatic imine (C=N–C) groups is 1. The second-order valence-corrected chi connectivity index (χ2v) is 8.04. The molecule has 3 aromatic rings. The number of nitrogens with zero attached hydrogens (tertiary/aromatic N) is 4. The molecule has 1 aliphatic rings. The van der Waals surface area contributed by atoms with Gasteiger partial charge in [-0.15, -0.1) is 0 Å². The molecular formula is C22H20Cl2N4O2. The van der Waals surface area contributed by atoms with Gasteiger partial charge in [-0.1, -0.05) is 41.4 Å². The number of halogens is 2. The monoisotopic (exact) mass is 442 g/mol. The minimum atomic E-state index is -0.490. The van der Waals surface area contributed by atoms with Crippen LogP contribution in [0.4, 0.5) is 0 Å². The molecule has 30 heavy (non-hydrogen) atoms. The van der Waals surface area contributed by atoms with Crippen LogP contribution in [-0.4, -0.2) is 47.3 Å². The summed E-state index contributed by atoms with van der Waals surface area (Å²) >= 11 is 12.8. The van der Waals surface area contributed by atoms with E-state index in [-0.39, 0.29) is 12.2 Å². The third-order valence-electron chi connectivity index (χ3n) is 4.85. The fourth-order valence-corrected chi connectivity index (χ4v) is 4.00. The van der Waals surface area contributed by atoms with Gasteiger partial charge >= 0.3 is 5.97 Å². The van der Waals surface area contributed by atoms with E-state index >= 15 is 0 Å². The Morgan fingerprint density at radius 1 is 1.17 bits per heavy atom. The summed E-state index contributed by atoms with van der Waals surface area (Å²) < 4.78 is 6.96. The summed E-state index contributed by atoms with van der Waals surface area (Å²) in [5.41, 5.74) is 4.11. The average Bonchev–Trinajstić information content (AvgIpc) is 2.97. The fraction of sp³-hybridized carbons (Fsp3) is 0.227. The van der Waals surface area contributed by atoms with Gasteiger partial charge in [0.25, 0.3) is 0 Å². The fourth-order valence-electron chi connectivity index (χ4n) is 3.60. The van der Waals surface area contributed by atoms with Crippen molar-refractivity contribution < 1.29 is 9.53 Å². The van der Waals surface area contributed by atoms with Gasteiger partial charge in [0.2, 0.25) is 0 Å². The quantitative estimate of drug-likeness (QED) is 0.562. The predicted molar refractivity (Wildman–Crippen MR) is 118 cm³/mol. The maximum atomic E-state index is 12.5. The van der Waals surface area contributed by atoms with Crippen LogP contribution in [0.1, 0.15) is 33.1 Å². The summed E-state index contributed by atoms with van der Waals surface area (Å²) in [6.45, 7) is 0.783. The second kappa shape index (κ2) is 8.22. The Balaban J connectivity index is 2.02. The van der Waals surface area contributed by atoms with Gasteiger partial charge in [-0.05, 0) is 38.4 Å². The normalized spacial score (nSPS) is 12.8. The molecule has 0 N–H and O–H groups in total. The van der Waals surface area contributed by atoms with Crippen molar-refractivity contribution in [2.75, 3.05) is 21.2 Å². The Morgan fingerprint density at radius 2 is 1.93 bits per heavy atom. The van der Waals surface area contributed by atoms with E-state index in [0.717, 1.165) is 22.6 Å². The first-order valence-electron chi connectivity index (χ1n) is 9.34. The lowest BCUT2D eigenvalue weighted by atomic mass is 10.0. The smallest absolute Gasteiger partial charge is 0.358 e. The Labute approximate surface area is 184 Å². The van der Waals surface area contributed by atoms with Gasteiger partial charge in [-0.3, -0.25) is 9.56 Å². The summed E-state index contributed by atoms with van der Waals surface area (Å²) in [5.74, 6) is 0.227. The Morgan fingerprint density at radius 3 is 2.63 bits per heavy atom. The van der Waals surface area contributed by atoms with Gasteiger partial charge < -0.3 is 9.64 Å². The summed E-state index contributed by atoms with van der Waals surface area (Å²) in [6.07, 6.45) is 0. The molecule has 6 nitrogen and oxygen atoms in total. The molecule has 8 heteroatoms. The van der Waals surface area contributed by atoms with Crippen molar-refractivity contribution in [1.82, 2.24) is 14.5 Å². The first-order valence-corrected chi connectivity index (χ1v) is 10.1. The number of rotatable bonds is 4. The van der Waals surface area contributed by atoms with Crippen LogP contribution in [0.25, 0.3) is 5.69 Å². The van der Waals surface area contributed by atoms with Crippen LogP contribution in [0.2, 0.25) is 10.0 Å². The third-order valence-corrected chi connectivity index (χ3v) is 5.41. The number of aromatic nitrogens is 2. The van der Waals surface area contributed by atoms with Gasteiger partial charge in [0.15, 0.2) is 5.69 Å². The van der Waals surface area contributed by atoms with Crippen molar-refractivity contribution in [3.63, 3.8) is 0 Å². The summed E-state index contributed by atoms with van der Waals surface area (Å²) in [4.78, 5) is 23.9. The van der Waals surface area contributed by atoms with Gasteiger partial charge in [0, 0.05) is 21.2 Å². The molecule has 0 saturated carbocycles.